The zero-order valence-corrected chi connectivity index (χ0v) is 16.8. The highest BCUT2D eigenvalue weighted by Crippen LogP contribution is 2.28. The van der Waals surface area contributed by atoms with Crippen LogP contribution in [0.15, 0.2) is 54.6 Å². The Labute approximate surface area is 166 Å². The number of aromatic nitrogens is 2. The number of methoxy groups -OCH3 is 2. The van der Waals surface area contributed by atoms with Crippen LogP contribution in [0, 0.1) is 6.92 Å². The van der Waals surface area contributed by atoms with E-state index in [2.05, 4.69) is 32.3 Å². The van der Waals surface area contributed by atoms with Crippen LogP contribution < -0.4 is 19.7 Å². The zero-order valence-electron chi connectivity index (χ0n) is 16.8. The molecule has 0 saturated heterocycles. The molecule has 2 aromatic carbocycles. The molecule has 0 radical (unpaired) electrons. The standard InChI is InChI=1S/C22H26N4O2/c1-16-24-21(23-14-18-10-11-19(27-3)20(12-18)28-4)13-22(25-16)26(2)15-17-8-6-5-7-9-17/h5-13H,14-15H2,1-4H3,(H,23,24,25). The van der Waals surface area contributed by atoms with Crippen LogP contribution in [0.1, 0.15) is 17.0 Å². The quantitative estimate of drug-likeness (QED) is 0.638. The van der Waals surface area contributed by atoms with Gasteiger partial charge in [0, 0.05) is 26.2 Å². The molecule has 28 heavy (non-hydrogen) atoms. The van der Waals surface area contributed by atoms with Crippen LogP contribution in [0.5, 0.6) is 11.5 Å². The fourth-order valence-electron chi connectivity index (χ4n) is 2.96. The van der Waals surface area contributed by atoms with Gasteiger partial charge < -0.3 is 19.7 Å². The lowest BCUT2D eigenvalue weighted by atomic mass is 10.2. The minimum absolute atomic E-state index is 0.624. The molecule has 0 unspecified atom stereocenters. The Balaban J connectivity index is 1.71. The number of hydrogen-bond acceptors (Lipinski definition) is 6. The maximum atomic E-state index is 5.37. The fraction of sp³-hybridized carbons (Fsp3) is 0.273. The minimum Gasteiger partial charge on any atom is -0.493 e. The van der Waals surface area contributed by atoms with Gasteiger partial charge in [0.15, 0.2) is 11.5 Å². The molecule has 146 valence electrons. The molecule has 6 nitrogen and oxygen atoms in total. The summed E-state index contributed by atoms with van der Waals surface area (Å²) in [7, 11) is 5.30. The van der Waals surface area contributed by atoms with E-state index in [1.807, 2.05) is 56.4 Å². The van der Waals surface area contributed by atoms with Crippen molar-refractivity contribution in [2.75, 3.05) is 31.5 Å². The van der Waals surface area contributed by atoms with Gasteiger partial charge in [0.05, 0.1) is 14.2 Å². The molecule has 0 spiro atoms. The van der Waals surface area contributed by atoms with E-state index in [0.717, 1.165) is 29.6 Å². The second-order valence-electron chi connectivity index (χ2n) is 6.54. The van der Waals surface area contributed by atoms with Crippen LogP contribution in [0.3, 0.4) is 0 Å². The predicted octanol–water partition coefficient (Wildman–Crippen LogP) is 4.05. The molecular formula is C22H26N4O2. The topological polar surface area (TPSA) is 59.5 Å². The Morgan fingerprint density at radius 1 is 0.893 bits per heavy atom. The summed E-state index contributed by atoms with van der Waals surface area (Å²) >= 11 is 0. The average molecular weight is 378 g/mol. The van der Waals surface area contributed by atoms with Crippen molar-refractivity contribution in [2.24, 2.45) is 0 Å². The first kappa shape index (κ1) is 19.5. The first-order valence-corrected chi connectivity index (χ1v) is 9.14. The van der Waals surface area contributed by atoms with Gasteiger partial charge >= 0.3 is 0 Å². The van der Waals surface area contributed by atoms with E-state index in [1.165, 1.54) is 5.56 Å². The Hall–Kier alpha value is -3.28. The lowest BCUT2D eigenvalue weighted by Gasteiger charge is -2.19. The molecule has 0 saturated carbocycles. The van der Waals surface area contributed by atoms with E-state index in [-0.39, 0.29) is 0 Å². The third-order valence-electron chi connectivity index (χ3n) is 4.40. The van der Waals surface area contributed by atoms with Gasteiger partial charge in [-0.3, -0.25) is 0 Å². The third-order valence-corrected chi connectivity index (χ3v) is 4.40. The molecule has 0 aliphatic carbocycles. The van der Waals surface area contributed by atoms with E-state index < -0.39 is 0 Å². The third kappa shape index (κ3) is 4.91. The van der Waals surface area contributed by atoms with Crippen molar-refractivity contribution in [1.29, 1.82) is 0 Å². The highest BCUT2D eigenvalue weighted by atomic mass is 16.5. The Bertz CT molecular complexity index is 916. The summed E-state index contributed by atoms with van der Waals surface area (Å²) in [4.78, 5) is 11.2. The van der Waals surface area contributed by atoms with Crippen molar-refractivity contribution in [3.05, 3.63) is 71.5 Å². The van der Waals surface area contributed by atoms with Crippen molar-refractivity contribution in [1.82, 2.24) is 9.97 Å². The number of hydrogen-bond donors (Lipinski definition) is 1. The second kappa shape index (κ2) is 9.08. The molecule has 3 rings (SSSR count). The van der Waals surface area contributed by atoms with Gasteiger partial charge in [0.1, 0.15) is 17.5 Å². The summed E-state index contributed by atoms with van der Waals surface area (Å²) in [5, 5.41) is 3.38. The van der Waals surface area contributed by atoms with Gasteiger partial charge in [-0.1, -0.05) is 36.4 Å². The smallest absolute Gasteiger partial charge is 0.161 e. The highest BCUT2D eigenvalue weighted by molar-refractivity contribution is 5.50. The summed E-state index contributed by atoms with van der Waals surface area (Å²) in [6.45, 7) is 3.31. The number of ether oxygens (including phenoxy) is 2. The lowest BCUT2D eigenvalue weighted by molar-refractivity contribution is 0.354. The van der Waals surface area contributed by atoms with E-state index in [9.17, 15) is 0 Å². The van der Waals surface area contributed by atoms with Crippen LogP contribution in [-0.2, 0) is 13.1 Å². The number of nitrogens with zero attached hydrogens (tertiary/aromatic N) is 3. The largest absolute Gasteiger partial charge is 0.493 e. The summed E-state index contributed by atoms with van der Waals surface area (Å²) in [6, 6.07) is 18.2. The molecule has 1 N–H and O–H groups in total. The molecule has 1 aromatic heterocycles. The monoisotopic (exact) mass is 378 g/mol. The summed E-state index contributed by atoms with van der Waals surface area (Å²) in [5.74, 6) is 3.83. The van der Waals surface area contributed by atoms with E-state index in [0.29, 0.717) is 18.0 Å². The maximum Gasteiger partial charge on any atom is 0.161 e. The molecular weight excluding hydrogens is 352 g/mol. The van der Waals surface area contributed by atoms with Gasteiger partial charge in [0.2, 0.25) is 0 Å². The van der Waals surface area contributed by atoms with E-state index in [4.69, 9.17) is 9.47 Å². The molecule has 0 fully saturated rings. The number of benzene rings is 2. The van der Waals surface area contributed by atoms with Crippen LogP contribution in [-0.4, -0.2) is 31.2 Å². The van der Waals surface area contributed by atoms with Crippen molar-refractivity contribution in [3.8, 4) is 11.5 Å². The van der Waals surface area contributed by atoms with Crippen molar-refractivity contribution >= 4 is 11.6 Å². The molecule has 0 aliphatic rings. The number of nitrogens with one attached hydrogen (secondary N) is 1. The van der Waals surface area contributed by atoms with E-state index in [1.54, 1.807) is 14.2 Å². The van der Waals surface area contributed by atoms with Crippen molar-refractivity contribution < 1.29 is 9.47 Å². The Morgan fingerprint density at radius 3 is 2.36 bits per heavy atom. The number of rotatable bonds is 8. The fourth-order valence-corrected chi connectivity index (χ4v) is 2.96. The second-order valence-corrected chi connectivity index (χ2v) is 6.54. The molecule has 0 bridgehead atoms. The van der Waals surface area contributed by atoms with Gasteiger partial charge in [-0.2, -0.15) is 0 Å². The van der Waals surface area contributed by atoms with Gasteiger partial charge in [-0.05, 0) is 30.2 Å². The van der Waals surface area contributed by atoms with Gasteiger partial charge in [-0.15, -0.1) is 0 Å². The summed E-state index contributed by atoms with van der Waals surface area (Å²) in [5.41, 5.74) is 2.31. The normalized spacial score (nSPS) is 10.4. The molecule has 0 amide bonds. The minimum atomic E-state index is 0.624. The lowest BCUT2D eigenvalue weighted by Crippen LogP contribution is -2.18. The van der Waals surface area contributed by atoms with Crippen LogP contribution in [0.4, 0.5) is 11.6 Å². The van der Waals surface area contributed by atoms with E-state index >= 15 is 0 Å². The SMILES string of the molecule is COc1ccc(CNc2cc(N(C)Cc3ccccc3)nc(C)n2)cc1OC. The van der Waals surface area contributed by atoms with Gasteiger partial charge in [-0.25, -0.2) is 9.97 Å². The van der Waals surface area contributed by atoms with Crippen LogP contribution >= 0.6 is 0 Å². The van der Waals surface area contributed by atoms with Crippen LogP contribution in [0.2, 0.25) is 0 Å². The Morgan fingerprint density at radius 2 is 1.64 bits per heavy atom. The van der Waals surface area contributed by atoms with Crippen molar-refractivity contribution in [2.45, 2.75) is 20.0 Å². The average Bonchev–Trinajstić information content (AvgIpc) is 2.72. The number of aryl methyl sites for hydroxylation is 1. The molecule has 0 aliphatic heterocycles. The number of anilines is 2. The summed E-state index contributed by atoms with van der Waals surface area (Å²) in [6.07, 6.45) is 0. The van der Waals surface area contributed by atoms with Crippen LogP contribution in [0.25, 0.3) is 0 Å². The highest BCUT2D eigenvalue weighted by Gasteiger charge is 2.09. The van der Waals surface area contributed by atoms with Crippen molar-refractivity contribution in [3.63, 3.8) is 0 Å². The Kier molecular flexibility index (Phi) is 6.32. The molecule has 3 aromatic rings. The first-order chi connectivity index (χ1) is 13.6. The molecule has 0 atom stereocenters. The van der Waals surface area contributed by atoms with Gasteiger partial charge in [0.25, 0.3) is 0 Å². The zero-order chi connectivity index (χ0) is 19.9. The molecule has 1 heterocycles. The first-order valence-electron chi connectivity index (χ1n) is 9.14. The molecule has 6 heteroatoms. The predicted molar refractivity (Wildman–Crippen MR) is 112 cm³/mol. The summed E-state index contributed by atoms with van der Waals surface area (Å²) < 4.78 is 10.7. The maximum absolute atomic E-state index is 5.37.